The second-order valence-electron chi connectivity index (χ2n) is 16.8. The molecule has 0 saturated carbocycles. The number of quaternary nitrogens is 1. The smallest absolute Gasteiger partial charge is 0.306 e. The van der Waals surface area contributed by atoms with E-state index in [0.29, 0.717) is 24.1 Å². The number of rotatable bonds is 43. The van der Waals surface area contributed by atoms with Crippen LogP contribution in [-0.2, 0) is 27.9 Å². The van der Waals surface area contributed by atoms with Gasteiger partial charge in [-0.05, 0) is 64.2 Å². The molecule has 0 aromatic carbocycles. The highest BCUT2D eigenvalue weighted by Gasteiger charge is 2.20. The molecule has 0 saturated heterocycles. The van der Waals surface area contributed by atoms with Crippen molar-refractivity contribution < 1.29 is 37.3 Å². The lowest BCUT2D eigenvalue weighted by Crippen LogP contribution is -2.37. The quantitative estimate of drug-likeness (QED) is 0.0199. The van der Waals surface area contributed by atoms with E-state index in [1.807, 2.05) is 21.1 Å². The molecule has 0 spiro atoms. The molecule has 2 atom stereocenters. The number of nitrogens with zero attached hydrogens (tertiary/aromatic N) is 1. The molecule has 0 aliphatic carbocycles. The maximum Gasteiger partial charge on any atom is 0.306 e. The summed E-state index contributed by atoms with van der Waals surface area (Å²) in [6.45, 7) is 5.33. The van der Waals surface area contributed by atoms with Gasteiger partial charge >= 0.3 is 5.97 Å². The fourth-order valence-corrected chi connectivity index (χ4v) is 7.01. The Balaban J connectivity index is 4.06. The number of carbonyl (C=O) groups excluding carboxylic acids is 1. The zero-order valence-electron chi connectivity index (χ0n) is 37.3. The number of hydrogen-bond acceptors (Lipinski definition) is 7. The molecular formula is C47H90NO7P. The first-order valence-electron chi connectivity index (χ1n) is 23.2. The maximum absolute atomic E-state index is 12.6. The van der Waals surface area contributed by atoms with Crippen molar-refractivity contribution in [2.24, 2.45) is 0 Å². The molecule has 0 aromatic rings. The van der Waals surface area contributed by atoms with Gasteiger partial charge in [-0.25, -0.2) is 0 Å². The van der Waals surface area contributed by atoms with Crippen molar-refractivity contribution in [2.45, 2.75) is 206 Å². The normalized spacial score (nSPS) is 14.0. The van der Waals surface area contributed by atoms with Gasteiger partial charge < -0.3 is 27.9 Å². The topological polar surface area (TPSA) is 94.1 Å². The molecular weight excluding hydrogens is 721 g/mol. The minimum Gasteiger partial charge on any atom is -0.756 e. The van der Waals surface area contributed by atoms with Crippen LogP contribution in [0.15, 0.2) is 36.5 Å². The predicted octanol–water partition coefficient (Wildman–Crippen LogP) is 13.1. The summed E-state index contributed by atoms with van der Waals surface area (Å²) in [7, 11) is 1.35. The number of allylic oxidation sites excluding steroid dienone is 6. The summed E-state index contributed by atoms with van der Waals surface area (Å²) < 4.78 is 34.5. The highest BCUT2D eigenvalue weighted by molar-refractivity contribution is 7.45. The van der Waals surface area contributed by atoms with Crippen LogP contribution in [0.25, 0.3) is 0 Å². The molecule has 9 heteroatoms. The van der Waals surface area contributed by atoms with Crippen LogP contribution in [0.5, 0.6) is 0 Å². The van der Waals surface area contributed by atoms with E-state index in [1.165, 1.54) is 122 Å². The second-order valence-corrected chi connectivity index (χ2v) is 18.2. The van der Waals surface area contributed by atoms with Gasteiger partial charge in [-0.2, -0.15) is 0 Å². The molecule has 0 rings (SSSR count). The van der Waals surface area contributed by atoms with Gasteiger partial charge in [0.1, 0.15) is 19.3 Å². The van der Waals surface area contributed by atoms with Crippen LogP contribution in [0.3, 0.4) is 0 Å². The zero-order chi connectivity index (χ0) is 41.3. The van der Waals surface area contributed by atoms with Crippen LogP contribution < -0.4 is 4.89 Å². The predicted molar refractivity (Wildman–Crippen MR) is 236 cm³/mol. The average Bonchev–Trinajstić information content (AvgIpc) is 3.15. The standard InChI is InChI=1S/C47H90NO7P/c1-6-8-10-12-14-16-18-19-20-21-22-23-24-25-26-27-28-29-30-31-33-35-37-39-42-52-44-46(45-54-56(50,51)53-43-41-48(3,4)5)55-47(49)40-38-36-34-32-17-15-13-11-9-7-2/h11,13,18-19,21-22,46H,6-10,12,14-17,20,23-45H2,1-5H3/b13-11-,19-18-,22-21-. The Hall–Kier alpha value is -1.28. The molecule has 0 bridgehead atoms. The summed E-state index contributed by atoms with van der Waals surface area (Å²) >= 11 is 0. The molecule has 0 radical (unpaired) electrons. The van der Waals surface area contributed by atoms with Gasteiger partial charge in [-0.1, -0.05) is 166 Å². The van der Waals surface area contributed by atoms with Gasteiger partial charge in [0.25, 0.3) is 7.82 Å². The lowest BCUT2D eigenvalue weighted by atomic mass is 10.0. The number of unbranched alkanes of at least 4 members (excludes halogenated alkanes) is 23. The van der Waals surface area contributed by atoms with Crippen LogP contribution in [0, 0.1) is 0 Å². The Morgan fingerprint density at radius 2 is 1.02 bits per heavy atom. The third kappa shape index (κ3) is 43.8. The molecule has 0 fully saturated rings. The lowest BCUT2D eigenvalue weighted by Gasteiger charge is -2.28. The van der Waals surface area contributed by atoms with E-state index in [0.717, 1.165) is 57.8 Å². The number of phosphoric acid groups is 1. The largest absolute Gasteiger partial charge is 0.756 e. The van der Waals surface area contributed by atoms with Crippen molar-refractivity contribution >= 4 is 13.8 Å². The van der Waals surface area contributed by atoms with Gasteiger partial charge in [0.15, 0.2) is 0 Å². The Bertz CT molecular complexity index is 994. The number of carbonyl (C=O) groups is 1. The molecule has 0 aliphatic heterocycles. The van der Waals surface area contributed by atoms with E-state index < -0.39 is 13.9 Å². The molecule has 56 heavy (non-hydrogen) atoms. The lowest BCUT2D eigenvalue weighted by molar-refractivity contribution is -0.870. The monoisotopic (exact) mass is 812 g/mol. The number of esters is 1. The fourth-order valence-electron chi connectivity index (χ4n) is 6.28. The second kappa shape index (κ2) is 40.5. The minimum absolute atomic E-state index is 0.0244. The first-order valence-corrected chi connectivity index (χ1v) is 24.7. The molecule has 330 valence electrons. The third-order valence-electron chi connectivity index (χ3n) is 9.89. The van der Waals surface area contributed by atoms with Gasteiger partial charge in [-0.15, -0.1) is 0 Å². The molecule has 0 amide bonds. The van der Waals surface area contributed by atoms with E-state index in [1.54, 1.807) is 0 Å². The van der Waals surface area contributed by atoms with Gasteiger partial charge in [0.2, 0.25) is 0 Å². The molecule has 0 N–H and O–H groups in total. The van der Waals surface area contributed by atoms with E-state index in [4.69, 9.17) is 18.5 Å². The summed E-state index contributed by atoms with van der Waals surface area (Å²) in [5.41, 5.74) is 0. The number of hydrogen-bond donors (Lipinski definition) is 0. The van der Waals surface area contributed by atoms with Crippen molar-refractivity contribution in [1.29, 1.82) is 0 Å². The summed E-state index contributed by atoms with van der Waals surface area (Å²) in [6, 6.07) is 0. The van der Waals surface area contributed by atoms with Crippen molar-refractivity contribution in [2.75, 3.05) is 54.1 Å². The molecule has 8 nitrogen and oxygen atoms in total. The molecule has 2 unspecified atom stereocenters. The van der Waals surface area contributed by atoms with Crippen LogP contribution in [0.4, 0.5) is 0 Å². The molecule has 0 heterocycles. The molecule has 0 aliphatic rings. The number of ether oxygens (including phenoxy) is 2. The Labute approximate surface area is 346 Å². The number of likely N-dealkylation sites (N-methyl/N-ethyl adjacent to an activating group) is 1. The Morgan fingerprint density at radius 1 is 0.554 bits per heavy atom. The Morgan fingerprint density at radius 3 is 1.54 bits per heavy atom. The van der Waals surface area contributed by atoms with Gasteiger partial charge in [0, 0.05) is 13.0 Å². The highest BCUT2D eigenvalue weighted by atomic mass is 31.2. The van der Waals surface area contributed by atoms with E-state index >= 15 is 0 Å². The summed E-state index contributed by atoms with van der Waals surface area (Å²) in [5.74, 6) is -0.346. The van der Waals surface area contributed by atoms with Crippen molar-refractivity contribution in [1.82, 2.24) is 0 Å². The average molecular weight is 812 g/mol. The van der Waals surface area contributed by atoms with Gasteiger partial charge in [-0.3, -0.25) is 9.36 Å². The SMILES string of the molecule is CCC/C=C\CCCCCCCC(=O)OC(COCCCCCCCCCCCCCC/C=C\C/C=C\CCCCCCC)COP(=O)([O-])OCC[N+](C)(C)C. The van der Waals surface area contributed by atoms with E-state index in [2.05, 4.69) is 50.3 Å². The van der Waals surface area contributed by atoms with Crippen molar-refractivity contribution in [3.8, 4) is 0 Å². The van der Waals surface area contributed by atoms with Crippen molar-refractivity contribution in [3.63, 3.8) is 0 Å². The fraction of sp³-hybridized carbons (Fsp3) is 0.851. The van der Waals surface area contributed by atoms with Crippen molar-refractivity contribution in [3.05, 3.63) is 36.5 Å². The first kappa shape index (κ1) is 54.7. The third-order valence-corrected chi connectivity index (χ3v) is 10.9. The maximum atomic E-state index is 12.6. The molecule has 0 aromatic heterocycles. The zero-order valence-corrected chi connectivity index (χ0v) is 38.2. The summed E-state index contributed by atoms with van der Waals surface area (Å²) in [5, 5.41) is 0. The van der Waals surface area contributed by atoms with Crippen LogP contribution in [0.2, 0.25) is 0 Å². The Kier molecular flexibility index (Phi) is 39.6. The van der Waals surface area contributed by atoms with E-state index in [-0.39, 0.29) is 25.8 Å². The summed E-state index contributed by atoms with van der Waals surface area (Å²) in [6.07, 6.45) is 47.4. The first-order chi connectivity index (χ1) is 27.1. The van der Waals surface area contributed by atoms with E-state index in [9.17, 15) is 14.3 Å². The van der Waals surface area contributed by atoms with Crippen LogP contribution in [0.1, 0.15) is 200 Å². The van der Waals surface area contributed by atoms with Crippen LogP contribution >= 0.6 is 7.82 Å². The number of phosphoric ester groups is 1. The van der Waals surface area contributed by atoms with Crippen LogP contribution in [-0.4, -0.2) is 70.7 Å². The van der Waals surface area contributed by atoms with Gasteiger partial charge in [0.05, 0.1) is 34.4 Å². The minimum atomic E-state index is -4.52. The highest BCUT2D eigenvalue weighted by Crippen LogP contribution is 2.38. The summed E-state index contributed by atoms with van der Waals surface area (Å²) in [4.78, 5) is 25.0.